The number of benzene rings is 2. The lowest BCUT2D eigenvalue weighted by atomic mass is 10.2. The van der Waals surface area contributed by atoms with Crippen LogP contribution >= 0.6 is 0 Å². The number of aromatic amines is 1. The number of nitrogens with zero attached hydrogens (tertiary/aromatic N) is 5. The number of rotatable bonds is 4. The minimum absolute atomic E-state index is 0.0586. The van der Waals surface area contributed by atoms with Crippen LogP contribution in [-0.4, -0.2) is 29.5 Å². The minimum atomic E-state index is -0.616. The van der Waals surface area contributed by atoms with Crippen molar-refractivity contribution in [2.24, 2.45) is 0 Å². The monoisotopic (exact) mass is 416 g/mol. The molecule has 0 bridgehead atoms. The van der Waals surface area contributed by atoms with Crippen LogP contribution < -0.4 is 16.6 Å². The molecule has 0 aliphatic carbocycles. The normalized spacial score (nSPS) is 12.3. The molecule has 3 heterocycles. The summed E-state index contributed by atoms with van der Waals surface area (Å²) >= 11 is 0. The van der Waals surface area contributed by atoms with E-state index < -0.39 is 17.4 Å². The highest BCUT2D eigenvalue weighted by atomic mass is 19.1. The lowest BCUT2D eigenvalue weighted by Gasteiger charge is -2.20. The lowest BCUT2D eigenvalue weighted by molar-refractivity contribution is 0.635. The Morgan fingerprint density at radius 1 is 1.10 bits per heavy atom. The van der Waals surface area contributed by atoms with Gasteiger partial charge in [0.1, 0.15) is 22.5 Å². The summed E-state index contributed by atoms with van der Waals surface area (Å²) in [7, 11) is 0. The number of hydrogen-bond donors (Lipinski definition) is 3. The van der Waals surface area contributed by atoms with Crippen molar-refractivity contribution in [3.05, 3.63) is 76.9 Å². The smallest absolute Gasteiger partial charge is 0.269 e. The van der Waals surface area contributed by atoms with Crippen LogP contribution in [0.5, 0.6) is 0 Å². The fraction of sp³-hybridized carbons (Fsp3) is 0.0952. The van der Waals surface area contributed by atoms with Crippen LogP contribution in [-0.2, 0) is 0 Å². The van der Waals surface area contributed by atoms with Gasteiger partial charge in [-0.1, -0.05) is 24.3 Å². The van der Waals surface area contributed by atoms with Crippen LogP contribution in [0.25, 0.3) is 27.8 Å². The second-order valence-corrected chi connectivity index (χ2v) is 6.98. The molecule has 1 atom stereocenters. The number of nitrogens with one attached hydrogen (secondary N) is 2. The van der Waals surface area contributed by atoms with Crippen LogP contribution in [0, 0.1) is 5.82 Å². The number of imidazole rings is 1. The van der Waals surface area contributed by atoms with Crippen LogP contribution in [0.1, 0.15) is 18.8 Å². The predicted octanol–water partition coefficient (Wildman–Crippen LogP) is 2.95. The number of H-pyrrole nitrogens is 1. The zero-order chi connectivity index (χ0) is 21.5. The second kappa shape index (κ2) is 7.17. The van der Waals surface area contributed by atoms with Crippen molar-refractivity contribution in [2.45, 2.75) is 13.0 Å². The first-order valence-corrected chi connectivity index (χ1v) is 9.52. The standard InChI is InChI=1S/C21H17FN8O/c1-11(26-18-16-17(25-10-24-16)28-21(23)29-18)19-27-14-9-5-8-13(22)15(14)20(31)30(19)12-6-3-2-4-7-12/h2-11H,1H3,(H4,23,24,25,26,28,29). The summed E-state index contributed by atoms with van der Waals surface area (Å²) in [6.07, 6.45) is 1.49. The zero-order valence-electron chi connectivity index (χ0n) is 16.4. The first-order valence-electron chi connectivity index (χ1n) is 9.52. The SMILES string of the molecule is CC(Nc1nc(N)nc2nc[nH]c12)c1nc2cccc(F)c2c(=O)n1-c1ccccc1. The molecule has 5 rings (SSSR count). The van der Waals surface area contributed by atoms with E-state index in [0.29, 0.717) is 28.5 Å². The largest absolute Gasteiger partial charge is 0.368 e. The summed E-state index contributed by atoms with van der Waals surface area (Å²) in [6.45, 7) is 1.83. The average Bonchev–Trinajstić information content (AvgIpc) is 3.22. The number of anilines is 2. The molecule has 0 fully saturated rings. The maximum atomic E-state index is 14.5. The molecule has 5 aromatic rings. The molecule has 154 valence electrons. The van der Waals surface area contributed by atoms with Gasteiger partial charge in [-0.3, -0.25) is 9.36 Å². The van der Waals surface area contributed by atoms with E-state index >= 15 is 0 Å². The zero-order valence-corrected chi connectivity index (χ0v) is 16.4. The molecular formula is C21H17FN8O. The van der Waals surface area contributed by atoms with E-state index in [1.807, 2.05) is 13.0 Å². The summed E-state index contributed by atoms with van der Waals surface area (Å²) in [5.74, 6) is 0.248. The lowest BCUT2D eigenvalue weighted by Crippen LogP contribution is -2.28. The van der Waals surface area contributed by atoms with E-state index in [1.165, 1.54) is 23.0 Å². The molecule has 9 nitrogen and oxygen atoms in total. The molecule has 0 spiro atoms. The van der Waals surface area contributed by atoms with Gasteiger partial charge in [-0.25, -0.2) is 14.4 Å². The quantitative estimate of drug-likeness (QED) is 0.411. The van der Waals surface area contributed by atoms with Gasteiger partial charge in [0.15, 0.2) is 11.5 Å². The van der Waals surface area contributed by atoms with E-state index in [9.17, 15) is 9.18 Å². The van der Waals surface area contributed by atoms with Gasteiger partial charge in [-0.05, 0) is 31.2 Å². The third-order valence-corrected chi connectivity index (χ3v) is 4.93. The van der Waals surface area contributed by atoms with Crippen LogP contribution in [0.4, 0.5) is 16.2 Å². The van der Waals surface area contributed by atoms with E-state index in [4.69, 9.17) is 5.73 Å². The Kier molecular flexibility index (Phi) is 4.32. The molecule has 10 heteroatoms. The van der Waals surface area contributed by atoms with Crippen molar-refractivity contribution < 1.29 is 4.39 Å². The summed E-state index contributed by atoms with van der Waals surface area (Å²) < 4.78 is 15.9. The highest BCUT2D eigenvalue weighted by Gasteiger charge is 2.21. The Hall–Kier alpha value is -4.34. The van der Waals surface area contributed by atoms with Crippen LogP contribution in [0.15, 0.2) is 59.7 Å². The number of nitrogens with two attached hydrogens (primary N) is 1. The van der Waals surface area contributed by atoms with Gasteiger partial charge in [0.2, 0.25) is 5.95 Å². The van der Waals surface area contributed by atoms with Gasteiger partial charge < -0.3 is 16.0 Å². The molecule has 0 saturated carbocycles. The minimum Gasteiger partial charge on any atom is -0.368 e. The number of halogens is 1. The molecule has 4 N–H and O–H groups in total. The van der Waals surface area contributed by atoms with E-state index in [1.54, 1.807) is 30.3 Å². The first-order chi connectivity index (χ1) is 15.0. The van der Waals surface area contributed by atoms with Crippen molar-refractivity contribution >= 4 is 33.8 Å². The summed E-state index contributed by atoms with van der Waals surface area (Å²) in [4.78, 5) is 33.4. The second-order valence-electron chi connectivity index (χ2n) is 6.98. The summed E-state index contributed by atoms with van der Waals surface area (Å²) in [5, 5.41) is 3.16. The van der Waals surface area contributed by atoms with Gasteiger partial charge in [-0.2, -0.15) is 9.97 Å². The van der Waals surface area contributed by atoms with Crippen LogP contribution in [0.3, 0.4) is 0 Å². The van der Waals surface area contributed by atoms with Crippen molar-refractivity contribution in [1.82, 2.24) is 29.5 Å². The highest BCUT2D eigenvalue weighted by Crippen LogP contribution is 2.25. The van der Waals surface area contributed by atoms with Crippen molar-refractivity contribution in [1.29, 1.82) is 0 Å². The fourth-order valence-corrected chi connectivity index (χ4v) is 3.55. The predicted molar refractivity (Wildman–Crippen MR) is 115 cm³/mol. The summed E-state index contributed by atoms with van der Waals surface area (Å²) in [6, 6.07) is 12.9. The van der Waals surface area contributed by atoms with Gasteiger partial charge in [0, 0.05) is 0 Å². The van der Waals surface area contributed by atoms with E-state index in [0.717, 1.165) is 0 Å². The number of aromatic nitrogens is 6. The molecule has 3 aromatic heterocycles. The topological polar surface area (TPSA) is 127 Å². The van der Waals surface area contributed by atoms with Gasteiger partial charge in [0.05, 0.1) is 23.6 Å². The summed E-state index contributed by atoms with van der Waals surface area (Å²) in [5.41, 5.74) is 7.14. The maximum absolute atomic E-state index is 14.5. The first kappa shape index (κ1) is 18.7. The maximum Gasteiger partial charge on any atom is 0.269 e. The van der Waals surface area contributed by atoms with Crippen molar-refractivity contribution in [3.8, 4) is 5.69 Å². The third kappa shape index (κ3) is 3.14. The molecule has 2 aromatic carbocycles. The molecule has 0 amide bonds. The molecule has 31 heavy (non-hydrogen) atoms. The molecule has 0 saturated heterocycles. The molecular weight excluding hydrogens is 399 g/mol. The average molecular weight is 416 g/mol. The number of para-hydroxylation sites is 1. The fourth-order valence-electron chi connectivity index (χ4n) is 3.55. The van der Waals surface area contributed by atoms with Crippen molar-refractivity contribution in [3.63, 3.8) is 0 Å². The Morgan fingerprint density at radius 2 is 1.90 bits per heavy atom. The van der Waals surface area contributed by atoms with E-state index in [2.05, 4.69) is 30.2 Å². The van der Waals surface area contributed by atoms with Crippen LogP contribution in [0.2, 0.25) is 0 Å². The Morgan fingerprint density at radius 3 is 2.71 bits per heavy atom. The van der Waals surface area contributed by atoms with Gasteiger partial charge in [-0.15, -0.1) is 0 Å². The number of nitrogen functional groups attached to an aromatic ring is 1. The molecule has 0 aliphatic rings. The van der Waals surface area contributed by atoms with Gasteiger partial charge >= 0.3 is 0 Å². The third-order valence-electron chi connectivity index (χ3n) is 4.93. The molecule has 0 aliphatic heterocycles. The van der Waals surface area contributed by atoms with Gasteiger partial charge in [0.25, 0.3) is 5.56 Å². The number of fused-ring (bicyclic) bond motifs is 2. The Balaban J connectivity index is 1.71. The Bertz CT molecular complexity index is 1480. The van der Waals surface area contributed by atoms with E-state index in [-0.39, 0.29) is 16.9 Å². The Labute approximate surface area is 174 Å². The molecule has 0 radical (unpaired) electrons. The number of hydrogen-bond acceptors (Lipinski definition) is 7. The molecule has 1 unspecified atom stereocenters. The van der Waals surface area contributed by atoms with Crippen molar-refractivity contribution in [2.75, 3.05) is 11.1 Å². The highest BCUT2D eigenvalue weighted by molar-refractivity contribution is 5.84.